The molecule has 2 saturated heterocycles. The van der Waals surface area contributed by atoms with E-state index in [9.17, 15) is 9.90 Å². The Morgan fingerprint density at radius 3 is 1.62 bits per heavy atom. The van der Waals surface area contributed by atoms with E-state index in [0.29, 0.717) is 19.0 Å². The molecule has 0 saturated carbocycles. The van der Waals surface area contributed by atoms with Crippen LogP contribution in [-0.2, 0) is 12.8 Å². The molecule has 6 nitrogen and oxygen atoms in total. The third-order valence-corrected chi connectivity index (χ3v) is 11.0. The number of hydrogen-bond acceptors (Lipinski definition) is 6. The number of rotatable bonds is 19. The van der Waals surface area contributed by atoms with Crippen molar-refractivity contribution in [2.45, 2.75) is 64.2 Å². The summed E-state index contributed by atoms with van der Waals surface area (Å²) in [5, 5.41) is 10.6. The number of ketones is 1. The van der Waals surface area contributed by atoms with Crippen molar-refractivity contribution >= 4 is 11.9 Å². The molecule has 2 aliphatic heterocycles. The number of piperidine rings is 2. The zero-order chi connectivity index (χ0) is 36.5. The van der Waals surface area contributed by atoms with Gasteiger partial charge in [-0.2, -0.15) is 0 Å². The van der Waals surface area contributed by atoms with E-state index in [0.717, 1.165) is 61.9 Å². The fourth-order valence-corrected chi connectivity index (χ4v) is 7.72. The lowest BCUT2D eigenvalue weighted by Crippen LogP contribution is -2.35. The van der Waals surface area contributed by atoms with E-state index >= 15 is 0 Å². The van der Waals surface area contributed by atoms with Crippen LogP contribution in [0.15, 0.2) is 109 Å². The van der Waals surface area contributed by atoms with Crippen molar-refractivity contribution < 1.29 is 19.4 Å². The van der Waals surface area contributed by atoms with Crippen LogP contribution in [0.2, 0.25) is 0 Å². The molecule has 0 unspecified atom stereocenters. The zero-order valence-electron chi connectivity index (χ0n) is 31.4. The van der Waals surface area contributed by atoms with Gasteiger partial charge in [0, 0.05) is 6.07 Å². The highest BCUT2D eigenvalue weighted by molar-refractivity contribution is 6.08. The van der Waals surface area contributed by atoms with Crippen molar-refractivity contribution in [2.75, 3.05) is 52.5 Å². The smallest absolute Gasteiger partial charge is 0.189 e. The first-order valence-electron chi connectivity index (χ1n) is 20.0. The monoisotopic (exact) mass is 714 g/mol. The van der Waals surface area contributed by atoms with E-state index in [1.165, 1.54) is 81.9 Å². The van der Waals surface area contributed by atoms with Gasteiger partial charge in [-0.15, -0.1) is 0 Å². The van der Waals surface area contributed by atoms with Crippen LogP contribution in [0.25, 0.3) is 6.08 Å². The number of ether oxygens (including phenoxy) is 2. The van der Waals surface area contributed by atoms with E-state index in [4.69, 9.17) is 9.47 Å². The normalized spacial score (nSPS) is 16.2. The largest absolute Gasteiger partial charge is 0.507 e. The summed E-state index contributed by atoms with van der Waals surface area (Å²) < 4.78 is 11.9. The first-order chi connectivity index (χ1) is 26.1. The third kappa shape index (κ3) is 12.9. The van der Waals surface area contributed by atoms with E-state index < -0.39 is 0 Å². The molecule has 4 aromatic rings. The van der Waals surface area contributed by atoms with Gasteiger partial charge in [-0.1, -0.05) is 78.9 Å². The van der Waals surface area contributed by atoms with Crippen LogP contribution in [0.3, 0.4) is 0 Å². The van der Waals surface area contributed by atoms with Gasteiger partial charge in [0.2, 0.25) is 0 Å². The van der Waals surface area contributed by atoms with Crippen molar-refractivity contribution in [1.82, 2.24) is 9.80 Å². The van der Waals surface area contributed by atoms with Crippen LogP contribution < -0.4 is 9.47 Å². The molecule has 0 aliphatic carbocycles. The maximum atomic E-state index is 12.9. The Hall–Kier alpha value is -4.39. The maximum Gasteiger partial charge on any atom is 0.189 e. The summed E-state index contributed by atoms with van der Waals surface area (Å²) in [6.45, 7) is 8.27. The molecule has 2 fully saturated rings. The first-order valence-corrected chi connectivity index (χ1v) is 20.0. The highest BCUT2D eigenvalue weighted by Crippen LogP contribution is 2.26. The van der Waals surface area contributed by atoms with Crippen LogP contribution in [0.4, 0.5) is 0 Å². The SMILES string of the molecule is O=C(/C=C/c1ccc(OCCCCN2CCC(Cc3ccccc3)CC2)cc1)c1ccc(OCCCCN2CCC(Cc3ccccc3)CC2)cc1O. The van der Waals surface area contributed by atoms with Crippen LogP contribution in [0.1, 0.15) is 78.4 Å². The average molecular weight is 715 g/mol. The Morgan fingerprint density at radius 1 is 0.623 bits per heavy atom. The number of phenolic OH excluding ortho intramolecular Hbond substituents is 1. The number of carbonyl (C=O) groups excluding carboxylic acids is 1. The molecule has 0 bridgehead atoms. The second kappa shape index (κ2) is 20.7. The molecule has 4 aromatic carbocycles. The summed E-state index contributed by atoms with van der Waals surface area (Å²) in [6.07, 6.45) is 15.0. The van der Waals surface area contributed by atoms with Crippen molar-refractivity contribution in [1.29, 1.82) is 0 Å². The van der Waals surface area contributed by atoms with Gasteiger partial charge in [0.25, 0.3) is 0 Å². The molecule has 280 valence electrons. The first kappa shape index (κ1) is 38.3. The molecule has 2 heterocycles. The fraction of sp³-hybridized carbons (Fsp3) is 0.426. The molecular weight excluding hydrogens is 657 g/mol. The van der Waals surface area contributed by atoms with Crippen LogP contribution >= 0.6 is 0 Å². The topological polar surface area (TPSA) is 62.2 Å². The maximum absolute atomic E-state index is 12.9. The van der Waals surface area contributed by atoms with Gasteiger partial charge in [-0.3, -0.25) is 4.79 Å². The van der Waals surface area contributed by atoms with Gasteiger partial charge in [0.1, 0.15) is 17.2 Å². The van der Waals surface area contributed by atoms with Crippen molar-refractivity contribution in [3.05, 3.63) is 131 Å². The number of likely N-dealkylation sites (tertiary alicyclic amines) is 2. The van der Waals surface area contributed by atoms with Gasteiger partial charge in [0.05, 0.1) is 18.8 Å². The summed E-state index contributed by atoms with van der Waals surface area (Å²) >= 11 is 0. The number of benzene rings is 4. The quantitative estimate of drug-likeness (QED) is 0.0593. The van der Waals surface area contributed by atoms with E-state index in [1.54, 1.807) is 24.3 Å². The molecule has 0 amide bonds. The van der Waals surface area contributed by atoms with Crippen LogP contribution in [0.5, 0.6) is 17.2 Å². The minimum absolute atomic E-state index is 0.0631. The molecule has 6 heteroatoms. The Morgan fingerprint density at radius 2 is 1.11 bits per heavy atom. The molecule has 0 spiro atoms. The standard InChI is InChI=1S/C47H58N2O4/c50-46(45-21-20-44(37-47(45)51)53-34-10-8-28-49-31-25-42(26-32-49)36-40-13-5-2-6-14-40)22-17-38-15-18-43(19-16-38)52-33-9-7-27-48-29-23-41(24-30-48)35-39-11-3-1-4-12-39/h1-6,11-22,37,41-42,51H,7-10,23-36H2/b22-17+. The van der Waals surface area contributed by atoms with Gasteiger partial charge < -0.3 is 24.4 Å². The molecule has 53 heavy (non-hydrogen) atoms. The minimum atomic E-state index is -0.248. The highest BCUT2D eigenvalue weighted by Gasteiger charge is 2.20. The predicted octanol–water partition coefficient (Wildman–Crippen LogP) is 9.52. The summed E-state index contributed by atoms with van der Waals surface area (Å²) in [5.74, 6) is 2.70. The lowest BCUT2D eigenvalue weighted by atomic mass is 9.90. The lowest BCUT2D eigenvalue weighted by molar-refractivity contribution is 0.104. The van der Waals surface area contributed by atoms with E-state index in [-0.39, 0.29) is 17.1 Å². The molecule has 6 rings (SSSR count). The summed E-state index contributed by atoms with van der Waals surface area (Å²) in [5.41, 5.74) is 4.08. The van der Waals surface area contributed by atoms with E-state index in [2.05, 4.69) is 70.5 Å². The van der Waals surface area contributed by atoms with Crippen LogP contribution in [0, 0.1) is 11.8 Å². The van der Waals surface area contributed by atoms with Crippen molar-refractivity contribution in [2.24, 2.45) is 11.8 Å². The summed E-state index contributed by atoms with van der Waals surface area (Å²) in [4.78, 5) is 18.0. The van der Waals surface area contributed by atoms with Gasteiger partial charge in [0.15, 0.2) is 5.78 Å². The minimum Gasteiger partial charge on any atom is -0.507 e. The van der Waals surface area contributed by atoms with Gasteiger partial charge in [-0.05, 0) is 162 Å². The van der Waals surface area contributed by atoms with Gasteiger partial charge in [-0.25, -0.2) is 0 Å². The fourth-order valence-electron chi connectivity index (χ4n) is 7.72. The van der Waals surface area contributed by atoms with Gasteiger partial charge >= 0.3 is 0 Å². The second-order valence-electron chi connectivity index (χ2n) is 15.0. The molecule has 0 radical (unpaired) electrons. The second-order valence-corrected chi connectivity index (χ2v) is 15.0. The molecule has 1 N–H and O–H groups in total. The van der Waals surface area contributed by atoms with Crippen molar-refractivity contribution in [3.8, 4) is 17.2 Å². The Labute approximate surface area is 317 Å². The summed E-state index contributed by atoms with van der Waals surface area (Å²) in [6, 6.07) is 34.5. The Bertz CT molecular complexity index is 1680. The number of unbranched alkanes of at least 4 members (excludes halogenated alkanes) is 2. The zero-order valence-corrected chi connectivity index (χ0v) is 31.4. The van der Waals surface area contributed by atoms with Crippen LogP contribution in [-0.4, -0.2) is 73.2 Å². The predicted molar refractivity (Wildman–Crippen MR) is 216 cm³/mol. The number of carbonyl (C=O) groups is 1. The molecule has 0 aromatic heterocycles. The Kier molecular flexibility index (Phi) is 15.0. The third-order valence-electron chi connectivity index (χ3n) is 11.0. The molecule has 0 atom stereocenters. The number of aromatic hydroxyl groups is 1. The number of phenols is 1. The van der Waals surface area contributed by atoms with E-state index in [1.807, 2.05) is 24.3 Å². The Balaban J connectivity index is 0.812. The summed E-state index contributed by atoms with van der Waals surface area (Å²) in [7, 11) is 0. The number of nitrogens with zero attached hydrogens (tertiary/aromatic N) is 2. The number of allylic oxidation sites excluding steroid dienone is 1. The number of hydrogen-bond donors (Lipinski definition) is 1. The molecule has 2 aliphatic rings. The average Bonchev–Trinajstić information content (AvgIpc) is 3.19. The van der Waals surface area contributed by atoms with Crippen molar-refractivity contribution in [3.63, 3.8) is 0 Å². The molecular formula is C47H58N2O4. The lowest BCUT2D eigenvalue weighted by Gasteiger charge is -2.32. The highest BCUT2D eigenvalue weighted by atomic mass is 16.5.